The largest absolute Gasteiger partial charge is 0.311 e. The molecule has 20 heavy (non-hydrogen) atoms. The zero-order valence-corrected chi connectivity index (χ0v) is 13.2. The number of nitrogens with one attached hydrogen (secondary N) is 1. The molecule has 1 aromatic rings. The van der Waals surface area contributed by atoms with E-state index in [9.17, 15) is 0 Å². The van der Waals surface area contributed by atoms with E-state index in [1.54, 1.807) is 0 Å². The number of hydrogen-bond donors (Lipinski definition) is 1. The summed E-state index contributed by atoms with van der Waals surface area (Å²) in [6, 6.07) is 9.90. The summed E-state index contributed by atoms with van der Waals surface area (Å²) in [6.07, 6.45) is 9.56. The van der Waals surface area contributed by atoms with Gasteiger partial charge in [-0.1, -0.05) is 43.5 Å². The van der Waals surface area contributed by atoms with Crippen LogP contribution in [0, 0.1) is 5.92 Å². The molecule has 2 atom stereocenters. The third-order valence-corrected chi connectivity index (χ3v) is 5.42. The zero-order valence-electron chi connectivity index (χ0n) is 12.4. The first kappa shape index (κ1) is 14.4. The lowest BCUT2D eigenvalue weighted by atomic mass is 9.75. The van der Waals surface area contributed by atoms with Crippen LogP contribution in [-0.4, -0.2) is 12.1 Å². The first-order chi connectivity index (χ1) is 9.70. The van der Waals surface area contributed by atoms with E-state index in [0.29, 0.717) is 0 Å². The van der Waals surface area contributed by atoms with Crippen LogP contribution in [0.3, 0.4) is 0 Å². The van der Waals surface area contributed by atoms with E-state index in [2.05, 4.69) is 30.4 Å². The Balaban J connectivity index is 1.46. The number of benzene rings is 1. The average Bonchev–Trinajstić information content (AvgIpc) is 2.58. The molecule has 0 saturated heterocycles. The van der Waals surface area contributed by atoms with Crippen molar-refractivity contribution >= 4 is 11.6 Å². The molecule has 2 fully saturated rings. The van der Waals surface area contributed by atoms with Gasteiger partial charge in [0.05, 0.1) is 0 Å². The van der Waals surface area contributed by atoms with E-state index >= 15 is 0 Å². The van der Waals surface area contributed by atoms with Gasteiger partial charge in [-0.05, 0) is 61.6 Å². The molecule has 2 aliphatic rings. The highest BCUT2D eigenvalue weighted by Crippen LogP contribution is 2.38. The normalized spacial score (nSPS) is 34.3. The lowest BCUT2D eigenvalue weighted by molar-refractivity contribution is 0.254. The average molecular weight is 292 g/mol. The van der Waals surface area contributed by atoms with Gasteiger partial charge in [0.15, 0.2) is 0 Å². The Morgan fingerprint density at radius 1 is 1.05 bits per heavy atom. The highest BCUT2D eigenvalue weighted by atomic mass is 35.5. The molecule has 0 aliphatic heterocycles. The van der Waals surface area contributed by atoms with E-state index in [1.807, 2.05) is 6.07 Å². The Labute approximate surface area is 128 Å². The van der Waals surface area contributed by atoms with E-state index in [4.69, 9.17) is 11.6 Å². The second-order valence-corrected chi connectivity index (χ2v) is 7.33. The fraction of sp³-hybridized carbons (Fsp3) is 0.667. The van der Waals surface area contributed by atoms with Crippen LogP contribution in [0.25, 0.3) is 0 Å². The van der Waals surface area contributed by atoms with E-state index in [1.165, 1.54) is 50.5 Å². The third-order valence-electron chi connectivity index (χ3n) is 5.19. The Bertz CT molecular complexity index is 439. The van der Waals surface area contributed by atoms with Crippen LogP contribution < -0.4 is 5.32 Å². The predicted octanol–water partition coefficient (Wildman–Crippen LogP) is 5.14. The summed E-state index contributed by atoms with van der Waals surface area (Å²) in [5.41, 5.74) is 1.42. The molecule has 1 aromatic carbocycles. The molecule has 0 amide bonds. The fourth-order valence-corrected chi connectivity index (χ4v) is 3.97. The lowest BCUT2D eigenvalue weighted by Gasteiger charge is -2.39. The van der Waals surface area contributed by atoms with Gasteiger partial charge in [-0.25, -0.2) is 0 Å². The minimum atomic E-state index is 0.718. The lowest BCUT2D eigenvalue weighted by Crippen LogP contribution is -2.45. The molecule has 1 N–H and O–H groups in total. The van der Waals surface area contributed by atoms with Crippen molar-refractivity contribution in [2.45, 2.75) is 69.9 Å². The van der Waals surface area contributed by atoms with Crippen molar-refractivity contribution in [3.63, 3.8) is 0 Å². The van der Waals surface area contributed by atoms with Crippen molar-refractivity contribution in [2.75, 3.05) is 0 Å². The van der Waals surface area contributed by atoms with Crippen LogP contribution in [0.2, 0.25) is 5.02 Å². The van der Waals surface area contributed by atoms with Gasteiger partial charge >= 0.3 is 0 Å². The maximum atomic E-state index is 6.08. The minimum absolute atomic E-state index is 0.718. The van der Waals surface area contributed by atoms with Crippen LogP contribution >= 0.6 is 11.6 Å². The molecule has 2 unspecified atom stereocenters. The van der Waals surface area contributed by atoms with Crippen LogP contribution in [-0.2, 0) is 0 Å². The molecule has 0 aromatic heterocycles. The molecule has 2 saturated carbocycles. The highest BCUT2D eigenvalue weighted by molar-refractivity contribution is 6.30. The first-order valence-electron chi connectivity index (χ1n) is 8.22. The molecule has 0 bridgehead atoms. The van der Waals surface area contributed by atoms with E-state index < -0.39 is 0 Å². The molecule has 1 nitrogen and oxygen atoms in total. The van der Waals surface area contributed by atoms with Gasteiger partial charge in [-0.2, -0.15) is 0 Å². The SMILES string of the molecule is CC1CCCC(NC2CC(c3cccc(Cl)c3)C2)CC1. The maximum Gasteiger partial charge on any atom is 0.0408 e. The molecule has 110 valence electrons. The molecular weight excluding hydrogens is 266 g/mol. The summed E-state index contributed by atoms with van der Waals surface area (Å²) in [5.74, 6) is 1.65. The molecule has 2 heteroatoms. The minimum Gasteiger partial charge on any atom is -0.311 e. The predicted molar refractivity (Wildman–Crippen MR) is 86.4 cm³/mol. The number of rotatable bonds is 3. The first-order valence-corrected chi connectivity index (χ1v) is 8.60. The number of hydrogen-bond acceptors (Lipinski definition) is 1. The smallest absolute Gasteiger partial charge is 0.0408 e. The van der Waals surface area contributed by atoms with Crippen molar-refractivity contribution in [1.29, 1.82) is 0 Å². The van der Waals surface area contributed by atoms with Crippen LogP contribution in [0.5, 0.6) is 0 Å². The van der Waals surface area contributed by atoms with E-state index in [0.717, 1.165) is 28.9 Å². The monoisotopic (exact) mass is 291 g/mol. The second-order valence-electron chi connectivity index (χ2n) is 6.90. The summed E-state index contributed by atoms with van der Waals surface area (Å²) in [4.78, 5) is 0. The van der Waals surface area contributed by atoms with Gasteiger partial charge in [0.2, 0.25) is 0 Å². The van der Waals surface area contributed by atoms with Gasteiger partial charge in [0.25, 0.3) is 0 Å². The quantitative estimate of drug-likeness (QED) is 0.760. The fourth-order valence-electron chi connectivity index (χ4n) is 3.77. The Morgan fingerprint density at radius 3 is 2.70 bits per heavy atom. The summed E-state index contributed by atoms with van der Waals surface area (Å²) >= 11 is 6.08. The van der Waals surface area contributed by atoms with Gasteiger partial charge < -0.3 is 5.32 Å². The molecule has 0 heterocycles. The van der Waals surface area contributed by atoms with Gasteiger partial charge in [0, 0.05) is 17.1 Å². The van der Waals surface area contributed by atoms with Crippen molar-refractivity contribution in [2.24, 2.45) is 5.92 Å². The van der Waals surface area contributed by atoms with Crippen LogP contribution in [0.1, 0.15) is 63.4 Å². The van der Waals surface area contributed by atoms with Crippen molar-refractivity contribution in [3.05, 3.63) is 34.9 Å². The summed E-state index contributed by atoms with van der Waals surface area (Å²) in [7, 11) is 0. The molecule has 2 aliphatic carbocycles. The van der Waals surface area contributed by atoms with Gasteiger partial charge in [-0.15, -0.1) is 0 Å². The topological polar surface area (TPSA) is 12.0 Å². The summed E-state index contributed by atoms with van der Waals surface area (Å²) < 4.78 is 0. The number of halogens is 1. The molecule has 0 radical (unpaired) electrons. The van der Waals surface area contributed by atoms with Crippen molar-refractivity contribution in [1.82, 2.24) is 5.32 Å². The standard InChI is InChI=1S/C18H26ClN/c1-13-4-2-7-17(9-8-13)20-18-11-15(12-18)14-5-3-6-16(19)10-14/h3,5-6,10,13,15,17-18,20H,2,4,7-9,11-12H2,1H3. The van der Waals surface area contributed by atoms with Gasteiger partial charge in [-0.3, -0.25) is 0 Å². The Hall–Kier alpha value is -0.530. The summed E-state index contributed by atoms with van der Waals surface area (Å²) in [6.45, 7) is 2.40. The summed E-state index contributed by atoms with van der Waals surface area (Å²) in [5, 5.41) is 4.77. The van der Waals surface area contributed by atoms with Gasteiger partial charge in [0.1, 0.15) is 0 Å². The zero-order chi connectivity index (χ0) is 13.9. The van der Waals surface area contributed by atoms with Crippen LogP contribution in [0.4, 0.5) is 0 Å². The molecule has 0 spiro atoms. The second kappa shape index (κ2) is 6.49. The van der Waals surface area contributed by atoms with E-state index in [-0.39, 0.29) is 0 Å². The molecular formula is C18H26ClN. The van der Waals surface area contributed by atoms with Crippen LogP contribution in [0.15, 0.2) is 24.3 Å². The molecule has 3 rings (SSSR count). The Kier molecular flexibility index (Phi) is 4.68. The van der Waals surface area contributed by atoms with Crippen molar-refractivity contribution < 1.29 is 0 Å². The van der Waals surface area contributed by atoms with Crippen molar-refractivity contribution in [3.8, 4) is 0 Å². The third kappa shape index (κ3) is 3.56. The Morgan fingerprint density at radius 2 is 1.90 bits per heavy atom. The highest BCUT2D eigenvalue weighted by Gasteiger charge is 2.32. The maximum absolute atomic E-state index is 6.08.